The Morgan fingerprint density at radius 1 is 1.44 bits per heavy atom. The summed E-state index contributed by atoms with van der Waals surface area (Å²) in [7, 11) is 0. The number of unbranched alkanes of at least 4 members (excludes halogenated alkanes) is 1. The summed E-state index contributed by atoms with van der Waals surface area (Å²) >= 11 is 0. The van der Waals surface area contributed by atoms with E-state index < -0.39 is 5.97 Å². The van der Waals surface area contributed by atoms with E-state index in [9.17, 15) is 9.59 Å². The number of carboxylic acid groups (broad SMARTS) is 1. The fourth-order valence-electron chi connectivity index (χ4n) is 2.03. The van der Waals surface area contributed by atoms with Crippen molar-refractivity contribution in [3.8, 4) is 0 Å². The summed E-state index contributed by atoms with van der Waals surface area (Å²) in [5, 5.41) is 11.4. The maximum Gasteiger partial charge on any atom is 0.303 e. The van der Waals surface area contributed by atoms with Crippen LogP contribution in [0.5, 0.6) is 0 Å². The van der Waals surface area contributed by atoms with E-state index in [1.165, 1.54) is 0 Å². The molecule has 1 aliphatic heterocycles. The highest BCUT2D eigenvalue weighted by atomic mass is 16.5. The van der Waals surface area contributed by atoms with Crippen LogP contribution >= 0.6 is 0 Å². The third kappa shape index (κ3) is 5.01. The van der Waals surface area contributed by atoms with E-state index in [1.807, 2.05) is 6.92 Å². The number of carboxylic acids is 1. The molecule has 1 heterocycles. The van der Waals surface area contributed by atoms with Gasteiger partial charge >= 0.3 is 5.97 Å². The molecule has 18 heavy (non-hydrogen) atoms. The summed E-state index contributed by atoms with van der Waals surface area (Å²) in [6.45, 7) is 5.04. The van der Waals surface area contributed by atoms with E-state index in [0.29, 0.717) is 26.2 Å². The summed E-state index contributed by atoms with van der Waals surface area (Å²) in [5.41, 5.74) is 0. The van der Waals surface area contributed by atoms with Crippen molar-refractivity contribution in [2.75, 3.05) is 32.8 Å². The molecule has 1 fully saturated rings. The van der Waals surface area contributed by atoms with Crippen LogP contribution in [0.25, 0.3) is 0 Å². The van der Waals surface area contributed by atoms with Crippen LogP contribution in [-0.2, 0) is 14.3 Å². The Morgan fingerprint density at radius 2 is 2.22 bits per heavy atom. The van der Waals surface area contributed by atoms with Crippen LogP contribution in [0.15, 0.2) is 0 Å². The zero-order valence-corrected chi connectivity index (χ0v) is 10.9. The molecule has 6 heteroatoms. The average Bonchev–Trinajstić information content (AvgIpc) is 2.35. The van der Waals surface area contributed by atoms with Crippen molar-refractivity contribution in [2.45, 2.75) is 32.2 Å². The molecule has 1 rings (SSSR count). The van der Waals surface area contributed by atoms with Gasteiger partial charge in [-0.25, -0.2) is 0 Å². The minimum absolute atomic E-state index is 0.00423. The average molecular weight is 258 g/mol. The summed E-state index contributed by atoms with van der Waals surface area (Å²) in [6.07, 6.45) is 1.63. The molecule has 0 aliphatic carbocycles. The lowest BCUT2D eigenvalue weighted by Crippen LogP contribution is -2.53. The van der Waals surface area contributed by atoms with Gasteiger partial charge in [0.2, 0.25) is 5.91 Å². The molecule has 1 saturated heterocycles. The molecule has 0 saturated carbocycles. The smallest absolute Gasteiger partial charge is 0.303 e. The Bertz CT molecular complexity index is 283. The number of carbonyl (C=O) groups is 2. The van der Waals surface area contributed by atoms with Crippen molar-refractivity contribution in [2.24, 2.45) is 0 Å². The zero-order valence-electron chi connectivity index (χ0n) is 10.9. The molecule has 1 atom stereocenters. The van der Waals surface area contributed by atoms with E-state index in [1.54, 1.807) is 0 Å². The number of amides is 1. The Morgan fingerprint density at radius 3 is 2.89 bits per heavy atom. The van der Waals surface area contributed by atoms with Gasteiger partial charge < -0.3 is 15.2 Å². The van der Waals surface area contributed by atoms with Crippen LogP contribution in [0, 0.1) is 0 Å². The maximum atomic E-state index is 11.8. The fraction of sp³-hybridized carbons (Fsp3) is 0.833. The lowest BCUT2D eigenvalue weighted by atomic mass is 10.1. The van der Waals surface area contributed by atoms with Crippen LogP contribution < -0.4 is 5.32 Å². The fourth-order valence-corrected chi connectivity index (χ4v) is 2.03. The first kappa shape index (κ1) is 14.9. The van der Waals surface area contributed by atoms with Gasteiger partial charge in [-0.2, -0.15) is 0 Å². The van der Waals surface area contributed by atoms with Gasteiger partial charge in [-0.1, -0.05) is 0 Å². The van der Waals surface area contributed by atoms with Crippen LogP contribution in [0.3, 0.4) is 0 Å². The Balaban J connectivity index is 2.34. The van der Waals surface area contributed by atoms with Crippen molar-refractivity contribution in [3.63, 3.8) is 0 Å². The highest BCUT2D eigenvalue weighted by Crippen LogP contribution is 2.09. The largest absolute Gasteiger partial charge is 0.481 e. The second-order valence-electron chi connectivity index (χ2n) is 4.37. The zero-order chi connectivity index (χ0) is 13.4. The molecule has 0 spiro atoms. The van der Waals surface area contributed by atoms with Crippen molar-refractivity contribution in [1.82, 2.24) is 10.2 Å². The number of aliphatic carboxylic acids is 1. The minimum atomic E-state index is -0.766. The lowest BCUT2D eigenvalue weighted by Gasteiger charge is -2.34. The molecule has 0 radical (unpaired) electrons. The lowest BCUT2D eigenvalue weighted by molar-refractivity contribution is -0.137. The van der Waals surface area contributed by atoms with Gasteiger partial charge in [0.1, 0.15) is 6.04 Å². The topological polar surface area (TPSA) is 78.9 Å². The van der Waals surface area contributed by atoms with Gasteiger partial charge in [0.05, 0.1) is 13.2 Å². The third-order valence-electron chi connectivity index (χ3n) is 2.98. The Hall–Kier alpha value is -1.14. The quantitative estimate of drug-likeness (QED) is 0.632. The van der Waals surface area contributed by atoms with Gasteiger partial charge in [0, 0.05) is 19.5 Å². The molecule has 0 bridgehead atoms. The number of nitrogens with zero attached hydrogens (tertiary/aromatic N) is 1. The number of nitrogens with one attached hydrogen (secondary N) is 1. The van der Waals surface area contributed by atoms with Crippen LogP contribution in [0.4, 0.5) is 0 Å². The first-order valence-corrected chi connectivity index (χ1v) is 6.46. The van der Waals surface area contributed by atoms with Crippen LogP contribution in [0.1, 0.15) is 26.2 Å². The number of hydrogen-bond donors (Lipinski definition) is 2. The third-order valence-corrected chi connectivity index (χ3v) is 2.98. The number of rotatable bonds is 7. The Labute approximate surface area is 107 Å². The second-order valence-corrected chi connectivity index (χ2v) is 4.37. The summed E-state index contributed by atoms with van der Waals surface area (Å²) in [5.74, 6) is -0.771. The molecule has 6 nitrogen and oxygen atoms in total. The predicted octanol–water partition coefficient (Wildman–Crippen LogP) is 0.0782. The highest BCUT2D eigenvalue weighted by Gasteiger charge is 2.28. The molecular formula is C12H22N2O4. The number of hydrogen-bond acceptors (Lipinski definition) is 4. The molecular weight excluding hydrogens is 236 g/mol. The molecule has 1 amide bonds. The van der Waals surface area contributed by atoms with Crippen LogP contribution in [-0.4, -0.2) is 60.8 Å². The predicted molar refractivity (Wildman–Crippen MR) is 66.4 cm³/mol. The highest BCUT2D eigenvalue weighted by molar-refractivity contribution is 5.81. The first-order chi connectivity index (χ1) is 8.65. The maximum absolute atomic E-state index is 11.8. The first-order valence-electron chi connectivity index (χ1n) is 6.46. The van der Waals surface area contributed by atoms with Crippen molar-refractivity contribution < 1.29 is 19.4 Å². The number of ether oxygens (including phenoxy) is 1. The summed E-state index contributed by atoms with van der Waals surface area (Å²) in [6, 6.07) is -0.233. The minimum Gasteiger partial charge on any atom is -0.481 e. The molecule has 0 aromatic carbocycles. The van der Waals surface area contributed by atoms with E-state index in [4.69, 9.17) is 9.84 Å². The molecule has 104 valence electrons. The molecule has 2 N–H and O–H groups in total. The monoisotopic (exact) mass is 258 g/mol. The normalized spacial score (nSPS) is 20.6. The SMILES string of the molecule is CCNC(=O)C1COCCN1CCCCC(=O)O. The van der Waals surface area contributed by atoms with Gasteiger partial charge in [0.15, 0.2) is 0 Å². The molecule has 0 aromatic rings. The number of likely N-dealkylation sites (N-methyl/N-ethyl adjacent to an activating group) is 1. The van der Waals surface area contributed by atoms with Crippen LogP contribution in [0.2, 0.25) is 0 Å². The number of carbonyl (C=O) groups excluding carboxylic acids is 1. The van der Waals surface area contributed by atoms with Gasteiger partial charge in [-0.05, 0) is 26.3 Å². The van der Waals surface area contributed by atoms with E-state index in [2.05, 4.69) is 10.2 Å². The standard InChI is InChI=1S/C12H22N2O4/c1-2-13-12(17)10-9-18-8-7-14(10)6-4-3-5-11(15)16/h10H,2-9H2,1H3,(H,13,17)(H,15,16). The van der Waals surface area contributed by atoms with Gasteiger partial charge in [-0.3, -0.25) is 14.5 Å². The van der Waals surface area contributed by atoms with Gasteiger partial charge in [0.25, 0.3) is 0 Å². The second kappa shape index (κ2) is 8.05. The summed E-state index contributed by atoms with van der Waals surface area (Å²) < 4.78 is 5.33. The van der Waals surface area contributed by atoms with Crippen molar-refractivity contribution >= 4 is 11.9 Å². The van der Waals surface area contributed by atoms with Crippen molar-refractivity contribution in [3.05, 3.63) is 0 Å². The van der Waals surface area contributed by atoms with Crippen molar-refractivity contribution in [1.29, 1.82) is 0 Å². The summed E-state index contributed by atoms with van der Waals surface area (Å²) in [4.78, 5) is 24.3. The van der Waals surface area contributed by atoms with E-state index in [-0.39, 0.29) is 18.4 Å². The van der Waals surface area contributed by atoms with Gasteiger partial charge in [-0.15, -0.1) is 0 Å². The molecule has 1 unspecified atom stereocenters. The van der Waals surface area contributed by atoms with E-state index in [0.717, 1.165) is 19.5 Å². The molecule has 1 aliphatic rings. The number of morpholine rings is 1. The Kier molecular flexibility index (Phi) is 6.67. The molecule has 0 aromatic heterocycles. The van der Waals surface area contributed by atoms with E-state index >= 15 is 0 Å².